The number of hydrogen-bond acceptors (Lipinski definition) is 4. The van der Waals surface area contributed by atoms with Crippen LogP contribution < -0.4 is 24.8 Å². The third kappa shape index (κ3) is 6.40. The van der Waals surface area contributed by atoms with Gasteiger partial charge in [-0.3, -0.25) is 4.99 Å². The van der Waals surface area contributed by atoms with Crippen molar-refractivity contribution in [3.8, 4) is 17.2 Å². The minimum Gasteiger partial charge on any atom is -0.497 e. The normalized spacial score (nSPS) is 11.0. The molecule has 0 fully saturated rings. The Kier molecular flexibility index (Phi) is 8.29. The van der Waals surface area contributed by atoms with Crippen LogP contribution in [0.5, 0.6) is 17.2 Å². The number of rotatable bonds is 9. The number of ether oxygens (including phenoxy) is 3. The van der Waals surface area contributed by atoms with Crippen molar-refractivity contribution in [3.05, 3.63) is 48.0 Å². The van der Waals surface area contributed by atoms with Gasteiger partial charge in [0.15, 0.2) is 17.5 Å². The minimum atomic E-state index is 0.678. The monoisotopic (exact) mass is 371 g/mol. The average Bonchev–Trinajstić information content (AvgIpc) is 2.72. The van der Waals surface area contributed by atoms with Gasteiger partial charge < -0.3 is 24.8 Å². The van der Waals surface area contributed by atoms with E-state index in [1.54, 1.807) is 28.4 Å². The van der Waals surface area contributed by atoms with E-state index in [9.17, 15) is 0 Å². The van der Waals surface area contributed by atoms with E-state index in [0.717, 1.165) is 43.2 Å². The molecule has 2 aromatic rings. The summed E-state index contributed by atoms with van der Waals surface area (Å²) in [6, 6.07) is 13.9. The standard InChI is InChI=1S/C21H29N3O3/c1-22-21(24-17-10-13-19(26-3)20(15-17)27-4)23-14-6-5-7-16-8-11-18(25-2)12-9-16/h8-13,15H,5-7,14H2,1-4H3,(H2,22,23,24). The van der Waals surface area contributed by atoms with Gasteiger partial charge in [0, 0.05) is 25.3 Å². The van der Waals surface area contributed by atoms with E-state index in [1.807, 2.05) is 30.3 Å². The molecule has 0 saturated heterocycles. The molecule has 0 heterocycles. The maximum atomic E-state index is 5.33. The predicted molar refractivity (Wildman–Crippen MR) is 110 cm³/mol. The molecule has 0 aliphatic rings. The fourth-order valence-electron chi connectivity index (χ4n) is 2.68. The molecule has 0 amide bonds. The molecular formula is C21H29N3O3. The van der Waals surface area contributed by atoms with Crippen LogP contribution in [-0.2, 0) is 6.42 Å². The number of benzene rings is 2. The summed E-state index contributed by atoms with van der Waals surface area (Å²) in [5.74, 6) is 3.00. The molecule has 0 radical (unpaired) electrons. The molecule has 0 aliphatic carbocycles. The van der Waals surface area contributed by atoms with Crippen LogP contribution in [0.4, 0.5) is 5.69 Å². The smallest absolute Gasteiger partial charge is 0.195 e. The zero-order valence-corrected chi connectivity index (χ0v) is 16.5. The molecule has 27 heavy (non-hydrogen) atoms. The minimum absolute atomic E-state index is 0.678. The van der Waals surface area contributed by atoms with Gasteiger partial charge in [0.05, 0.1) is 21.3 Å². The molecule has 0 spiro atoms. The Morgan fingerprint density at radius 3 is 2.26 bits per heavy atom. The lowest BCUT2D eigenvalue weighted by Gasteiger charge is -2.14. The molecule has 2 N–H and O–H groups in total. The van der Waals surface area contributed by atoms with Crippen LogP contribution in [0.1, 0.15) is 18.4 Å². The number of aliphatic imine (C=N–C) groups is 1. The zero-order valence-electron chi connectivity index (χ0n) is 16.5. The summed E-state index contributed by atoms with van der Waals surface area (Å²) < 4.78 is 15.8. The number of nitrogens with one attached hydrogen (secondary N) is 2. The maximum Gasteiger partial charge on any atom is 0.195 e. The van der Waals surface area contributed by atoms with Crippen molar-refractivity contribution in [2.45, 2.75) is 19.3 Å². The van der Waals surface area contributed by atoms with Gasteiger partial charge in [-0.1, -0.05) is 12.1 Å². The number of guanidine groups is 1. The molecule has 6 heteroatoms. The van der Waals surface area contributed by atoms with Gasteiger partial charge in [0.2, 0.25) is 0 Å². The lowest BCUT2D eigenvalue weighted by atomic mass is 10.1. The van der Waals surface area contributed by atoms with Crippen LogP contribution in [0.25, 0.3) is 0 Å². The van der Waals surface area contributed by atoms with E-state index in [4.69, 9.17) is 14.2 Å². The van der Waals surface area contributed by atoms with Crippen molar-refractivity contribution in [1.29, 1.82) is 0 Å². The molecular weight excluding hydrogens is 342 g/mol. The predicted octanol–water partition coefficient (Wildman–Crippen LogP) is 3.72. The fourth-order valence-corrected chi connectivity index (χ4v) is 2.68. The van der Waals surface area contributed by atoms with Gasteiger partial charge in [-0.2, -0.15) is 0 Å². The summed E-state index contributed by atoms with van der Waals surface area (Å²) in [6.45, 7) is 0.850. The third-order valence-electron chi connectivity index (χ3n) is 4.21. The third-order valence-corrected chi connectivity index (χ3v) is 4.21. The summed E-state index contributed by atoms with van der Waals surface area (Å²) in [5.41, 5.74) is 2.21. The lowest BCUT2D eigenvalue weighted by molar-refractivity contribution is 0.355. The molecule has 146 valence electrons. The van der Waals surface area contributed by atoms with Crippen LogP contribution in [0, 0.1) is 0 Å². The SMILES string of the molecule is CN=C(NCCCCc1ccc(OC)cc1)Nc1ccc(OC)c(OC)c1. The zero-order chi connectivity index (χ0) is 19.5. The van der Waals surface area contributed by atoms with Crippen LogP contribution in [0.3, 0.4) is 0 Å². The van der Waals surface area contributed by atoms with Gasteiger partial charge in [-0.15, -0.1) is 0 Å². The maximum absolute atomic E-state index is 5.33. The highest BCUT2D eigenvalue weighted by Crippen LogP contribution is 2.29. The molecule has 2 rings (SSSR count). The number of nitrogens with zero attached hydrogens (tertiary/aromatic N) is 1. The van der Waals surface area contributed by atoms with E-state index in [-0.39, 0.29) is 0 Å². The molecule has 0 unspecified atom stereocenters. The highest BCUT2D eigenvalue weighted by atomic mass is 16.5. The van der Waals surface area contributed by atoms with E-state index in [0.29, 0.717) is 11.5 Å². The van der Waals surface area contributed by atoms with Gasteiger partial charge in [-0.25, -0.2) is 0 Å². The van der Waals surface area contributed by atoms with Gasteiger partial charge in [0.25, 0.3) is 0 Å². The van der Waals surface area contributed by atoms with Crippen molar-refractivity contribution in [2.75, 3.05) is 40.2 Å². The fraction of sp³-hybridized carbons (Fsp3) is 0.381. The molecule has 0 aromatic heterocycles. The van der Waals surface area contributed by atoms with Crippen molar-refractivity contribution < 1.29 is 14.2 Å². The summed E-state index contributed by atoms with van der Waals surface area (Å²) in [5, 5.41) is 6.60. The van der Waals surface area contributed by atoms with Crippen molar-refractivity contribution in [1.82, 2.24) is 5.32 Å². The first-order valence-corrected chi connectivity index (χ1v) is 9.02. The quantitative estimate of drug-likeness (QED) is 0.400. The highest BCUT2D eigenvalue weighted by Gasteiger charge is 2.06. The van der Waals surface area contributed by atoms with Crippen molar-refractivity contribution >= 4 is 11.6 Å². The van der Waals surface area contributed by atoms with Crippen LogP contribution in [-0.4, -0.2) is 40.9 Å². The average molecular weight is 371 g/mol. The topological polar surface area (TPSA) is 64.1 Å². The van der Waals surface area contributed by atoms with E-state index in [1.165, 1.54) is 5.56 Å². The van der Waals surface area contributed by atoms with Crippen LogP contribution >= 0.6 is 0 Å². The molecule has 0 bridgehead atoms. The molecule has 0 aliphatic heterocycles. The number of methoxy groups -OCH3 is 3. The number of unbranched alkanes of at least 4 members (excludes halogenated alkanes) is 1. The Hall–Kier alpha value is -2.89. The lowest BCUT2D eigenvalue weighted by Crippen LogP contribution is -2.31. The highest BCUT2D eigenvalue weighted by molar-refractivity contribution is 5.93. The Morgan fingerprint density at radius 2 is 1.63 bits per heavy atom. The van der Waals surface area contributed by atoms with E-state index < -0.39 is 0 Å². The number of hydrogen-bond donors (Lipinski definition) is 2. The second-order valence-electron chi connectivity index (χ2n) is 6.00. The summed E-state index contributed by atoms with van der Waals surface area (Å²) in [6.07, 6.45) is 3.21. The first-order chi connectivity index (χ1) is 13.2. The molecule has 0 saturated carbocycles. The van der Waals surface area contributed by atoms with Crippen LogP contribution in [0.2, 0.25) is 0 Å². The second-order valence-corrected chi connectivity index (χ2v) is 6.00. The molecule has 2 aromatic carbocycles. The van der Waals surface area contributed by atoms with Crippen LogP contribution in [0.15, 0.2) is 47.5 Å². The Labute approximate surface area is 161 Å². The number of anilines is 1. The van der Waals surface area contributed by atoms with E-state index >= 15 is 0 Å². The van der Waals surface area contributed by atoms with Gasteiger partial charge in [-0.05, 0) is 49.1 Å². The van der Waals surface area contributed by atoms with Gasteiger partial charge in [0.1, 0.15) is 5.75 Å². The Bertz CT molecular complexity index is 730. The first-order valence-electron chi connectivity index (χ1n) is 9.02. The number of aryl methyl sites for hydroxylation is 1. The van der Waals surface area contributed by atoms with Crippen molar-refractivity contribution in [2.24, 2.45) is 4.99 Å². The Balaban J connectivity index is 1.75. The molecule has 0 atom stereocenters. The van der Waals surface area contributed by atoms with E-state index in [2.05, 4.69) is 27.8 Å². The van der Waals surface area contributed by atoms with Gasteiger partial charge >= 0.3 is 0 Å². The molecule has 6 nitrogen and oxygen atoms in total. The second kappa shape index (κ2) is 11.0. The largest absolute Gasteiger partial charge is 0.497 e. The summed E-state index contributed by atoms with van der Waals surface area (Å²) >= 11 is 0. The van der Waals surface area contributed by atoms with Crippen molar-refractivity contribution in [3.63, 3.8) is 0 Å². The summed E-state index contributed by atoms with van der Waals surface area (Å²) in [7, 11) is 6.69. The Morgan fingerprint density at radius 1 is 0.889 bits per heavy atom. The first kappa shape index (κ1) is 20.4. The summed E-state index contributed by atoms with van der Waals surface area (Å²) in [4.78, 5) is 4.26.